The molecule has 17 heavy (non-hydrogen) atoms. The van der Waals surface area contributed by atoms with Gasteiger partial charge in [-0.3, -0.25) is 4.79 Å². The van der Waals surface area contributed by atoms with Gasteiger partial charge in [0.15, 0.2) is 0 Å². The number of nitrogens with one attached hydrogen (secondary N) is 1. The molecule has 0 aromatic carbocycles. The molecule has 0 aliphatic carbocycles. The molecule has 3 amide bonds. The van der Waals surface area contributed by atoms with Gasteiger partial charge in [0.2, 0.25) is 6.41 Å². The fourth-order valence-electron chi connectivity index (χ4n) is 2.29. The summed E-state index contributed by atoms with van der Waals surface area (Å²) in [6, 6.07) is 0.332. The van der Waals surface area contributed by atoms with E-state index in [0.717, 1.165) is 32.3 Å². The predicted molar refractivity (Wildman–Crippen MR) is 61.6 cm³/mol. The quantitative estimate of drug-likeness (QED) is 0.672. The van der Waals surface area contributed by atoms with E-state index < -0.39 is 0 Å². The summed E-state index contributed by atoms with van der Waals surface area (Å²) in [7, 11) is 0. The van der Waals surface area contributed by atoms with Crippen LogP contribution in [0.3, 0.4) is 0 Å². The maximum absolute atomic E-state index is 12.1. The van der Waals surface area contributed by atoms with Crippen LogP contribution in [0.1, 0.15) is 12.8 Å². The standard InChI is InChI=1S/C11H19N3O3/c15-9-12-10-1-3-13(4-2-10)11(16)14-5-7-17-8-6-14/h9-10H,1-8H2,(H,12,15). The van der Waals surface area contributed by atoms with Crippen molar-refractivity contribution >= 4 is 12.4 Å². The molecular weight excluding hydrogens is 222 g/mol. The highest BCUT2D eigenvalue weighted by atomic mass is 16.5. The number of carbonyl (C=O) groups is 2. The Morgan fingerprint density at radius 3 is 2.29 bits per heavy atom. The molecule has 2 heterocycles. The van der Waals surface area contributed by atoms with Crippen LogP contribution >= 0.6 is 0 Å². The van der Waals surface area contributed by atoms with Crippen LogP contribution < -0.4 is 5.32 Å². The van der Waals surface area contributed by atoms with Gasteiger partial charge in [0.1, 0.15) is 0 Å². The zero-order valence-corrected chi connectivity index (χ0v) is 9.93. The summed E-state index contributed by atoms with van der Waals surface area (Å²) in [6.07, 6.45) is 2.42. The van der Waals surface area contributed by atoms with E-state index in [1.807, 2.05) is 9.80 Å². The third kappa shape index (κ3) is 3.09. The molecule has 6 nitrogen and oxygen atoms in total. The van der Waals surface area contributed by atoms with Crippen LogP contribution in [-0.2, 0) is 9.53 Å². The van der Waals surface area contributed by atoms with Gasteiger partial charge in [0.05, 0.1) is 13.2 Å². The number of amides is 3. The van der Waals surface area contributed by atoms with E-state index in [1.54, 1.807) is 0 Å². The summed E-state index contributed by atoms with van der Waals surface area (Å²) in [4.78, 5) is 26.2. The molecule has 0 saturated carbocycles. The lowest BCUT2D eigenvalue weighted by Gasteiger charge is -2.36. The van der Waals surface area contributed by atoms with Gasteiger partial charge in [-0.15, -0.1) is 0 Å². The fourth-order valence-corrected chi connectivity index (χ4v) is 2.29. The highest BCUT2D eigenvalue weighted by Crippen LogP contribution is 2.12. The van der Waals surface area contributed by atoms with E-state index in [-0.39, 0.29) is 12.1 Å². The highest BCUT2D eigenvalue weighted by molar-refractivity contribution is 5.74. The lowest BCUT2D eigenvalue weighted by atomic mass is 10.1. The molecule has 2 rings (SSSR count). The Morgan fingerprint density at radius 1 is 1.12 bits per heavy atom. The maximum Gasteiger partial charge on any atom is 0.320 e. The molecule has 6 heteroatoms. The van der Waals surface area contributed by atoms with Gasteiger partial charge in [-0.1, -0.05) is 0 Å². The first-order chi connectivity index (χ1) is 8.31. The number of hydrogen-bond donors (Lipinski definition) is 1. The first-order valence-corrected chi connectivity index (χ1v) is 6.12. The molecule has 96 valence electrons. The average molecular weight is 241 g/mol. The second-order valence-corrected chi connectivity index (χ2v) is 4.43. The van der Waals surface area contributed by atoms with Crippen LogP contribution in [0.15, 0.2) is 0 Å². The van der Waals surface area contributed by atoms with Crippen LogP contribution in [0.25, 0.3) is 0 Å². The Morgan fingerprint density at radius 2 is 1.71 bits per heavy atom. The molecule has 2 fully saturated rings. The first kappa shape index (κ1) is 12.2. The van der Waals surface area contributed by atoms with E-state index in [1.165, 1.54) is 0 Å². The number of ether oxygens (including phenoxy) is 1. The predicted octanol–water partition coefficient (Wildman–Crippen LogP) is -0.351. The summed E-state index contributed by atoms with van der Waals surface area (Å²) < 4.78 is 5.22. The van der Waals surface area contributed by atoms with E-state index in [9.17, 15) is 9.59 Å². The molecule has 0 spiro atoms. The molecule has 0 aromatic heterocycles. The van der Waals surface area contributed by atoms with Crippen molar-refractivity contribution < 1.29 is 14.3 Å². The number of piperidine rings is 1. The smallest absolute Gasteiger partial charge is 0.320 e. The highest BCUT2D eigenvalue weighted by Gasteiger charge is 2.26. The fraction of sp³-hybridized carbons (Fsp3) is 0.818. The van der Waals surface area contributed by atoms with Crippen molar-refractivity contribution in [2.75, 3.05) is 39.4 Å². The van der Waals surface area contributed by atoms with Crippen LogP contribution in [0, 0.1) is 0 Å². The molecule has 0 radical (unpaired) electrons. The third-order valence-corrected chi connectivity index (χ3v) is 3.35. The van der Waals surface area contributed by atoms with Crippen LogP contribution in [0.2, 0.25) is 0 Å². The van der Waals surface area contributed by atoms with Crippen LogP contribution in [-0.4, -0.2) is 67.7 Å². The Labute approximate surface area is 101 Å². The summed E-state index contributed by atoms with van der Waals surface area (Å²) in [5.74, 6) is 0. The van der Waals surface area contributed by atoms with Crippen LogP contribution in [0.4, 0.5) is 4.79 Å². The number of carbonyl (C=O) groups excluding carboxylic acids is 2. The molecule has 2 aliphatic heterocycles. The maximum atomic E-state index is 12.1. The largest absolute Gasteiger partial charge is 0.378 e. The van der Waals surface area contributed by atoms with Crippen molar-refractivity contribution in [1.82, 2.24) is 15.1 Å². The normalized spacial score (nSPS) is 22.4. The first-order valence-electron chi connectivity index (χ1n) is 6.12. The SMILES string of the molecule is O=CNC1CCN(C(=O)N2CCOCC2)CC1. The zero-order chi connectivity index (χ0) is 12.1. The summed E-state index contributed by atoms with van der Waals surface area (Å²) >= 11 is 0. The molecule has 0 unspecified atom stereocenters. The van der Waals surface area contributed by atoms with Gasteiger partial charge in [-0.2, -0.15) is 0 Å². The summed E-state index contributed by atoms with van der Waals surface area (Å²) in [5.41, 5.74) is 0. The van der Waals surface area contributed by atoms with Crippen molar-refractivity contribution in [1.29, 1.82) is 0 Å². The number of rotatable bonds is 2. The van der Waals surface area contributed by atoms with Crippen molar-refractivity contribution in [2.45, 2.75) is 18.9 Å². The minimum absolute atomic E-state index is 0.109. The average Bonchev–Trinajstić information content (AvgIpc) is 2.40. The van der Waals surface area contributed by atoms with Gasteiger partial charge in [-0.25, -0.2) is 4.79 Å². The van der Waals surface area contributed by atoms with E-state index >= 15 is 0 Å². The molecule has 0 bridgehead atoms. The van der Waals surface area contributed by atoms with E-state index in [2.05, 4.69) is 5.32 Å². The number of likely N-dealkylation sites (tertiary alicyclic amines) is 1. The summed E-state index contributed by atoms with van der Waals surface area (Å²) in [6.45, 7) is 4.09. The topological polar surface area (TPSA) is 61.9 Å². The molecule has 0 atom stereocenters. The van der Waals surface area contributed by atoms with Gasteiger partial charge >= 0.3 is 6.03 Å². The van der Waals surface area contributed by atoms with Crippen LogP contribution in [0.5, 0.6) is 0 Å². The third-order valence-electron chi connectivity index (χ3n) is 3.35. The second-order valence-electron chi connectivity index (χ2n) is 4.43. The van der Waals surface area contributed by atoms with E-state index in [4.69, 9.17) is 4.74 Å². The number of morpholine rings is 1. The van der Waals surface area contributed by atoms with Gasteiger partial charge in [0, 0.05) is 32.2 Å². The molecule has 2 aliphatic rings. The second kappa shape index (κ2) is 5.86. The number of urea groups is 1. The number of nitrogens with zero attached hydrogens (tertiary/aromatic N) is 2. The minimum atomic E-state index is 0.109. The van der Waals surface area contributed by atoms with Crippen molar-refractivity contribution in [3.8, 4) is 0 Å². The molecular formula is C11H19N3O3. The minimum Gasteiger partial charge on any atom is -0.378 e. The molecule has 2 saturated heterocycles. The lowest BCUT2D eigenvalue weighted by Crippen LogP contribution is -2.52. The Balaban J connectivity index is 1.79. The monoisotopic (exact) mass is 241 g/mol. The van der Waals surface area contributed by atoms with Gasteiger partial charge in [0.25, 0.3) is 0 Å². The summed E-state index contributed by atoms with van der Waals surface area (Å²) in [5, 5.41) is 2.77. The van der Waals surface area contributed by atoms with E-state index in [0.29, 0.717) is 26.3 Å². The Bertz CT molecular complexity index is 271. The Hall–Kier alpha value is -1.30. The van der Waals surface area contributed by atoms with Gasteiger partial charge in [-0.05, 0) is 12.8 Å². The molecule has 1 N–H and O–H groups in total. The van der Waals surface area contributed by atoms with Crippen molar-refractivity contribution in [3.05, 3.63) is 0 Å². The Kier molecular flexibility index (Phi) is 4.19. The van der Waals surface area contributed by atoms with Crippen molar-refractivity contribution in [2.24, 2.45) is 0 Å². The lowest BCUT2D eigenvalue weighted by molar-refractivity contribution is -0.110. The zero-order valence-electron chi connectivity index (χ0n) is 9.93. The van der Waals surface area contributed by atoms with Crippen molar-refractivity contribution in [3.63, 3.8) is 0 Å². The number of hydrogen-bond acceptors (Lipinski definition) is 3. The van der Waals surface area contributed by atoms with Gasteiger partial charge < -0.3 is 19.9 Å². The molecule has 0 aromatic rings.